The highest BCUT2D eigenvalue weighted by atomic mass is 35.5. The summed E-state index contributed by atoms with van der Waals surface area (Å²) in [6.07, 6.45) is 1.64. The van der Waals surface area contributed by atoms with E-state index in [9.17, 15) is 4.79 Å². The number of carbonyl (C=O) groups is 1. The van der Waals surface area contributed by atoms with Crippen LogP contribution in [0.15, 0.2) is 36.5 Å². The SMILES string of the molecule is Nc1ccc(Cl)cc1-c1nccc(-c2cc3n(n2)CCNC3=O)n1. The smallest absolute Gasteiger partial charge is 0.269 e. The van der Waals surface area contributed by atoms with E-state index in [2.05, 4.69) is 20.4 Å². The van der Waals surface area contributed by atoms with Crippen LogP contribution in [0.1, 0.15) is 10.5 Å². The first-order valence-electron chi connectivity index (χ1n) is 7.37. The number of anilines is 1. The van der Waals surface area contributed by atoms with E-state index in [1.807, 2.05) is 0 Å². The molecule has 0 saturated carbocycles. The molecule has 4 rings (SSSR count). The predicted octanol–water partition coefficient (Wildman–Crippen LogP) is 1.99. The molecule has 1 aliphatic rings. The van der Waals surface area contributed by atoms with Crippen molar-refractivity contribution in [2.45, 2.75) is 6.54 Å². The zero-order chi connectivity index (χ0) is 16.7. The number of nitrogens with two attached hydrogens (primary N) is 1. The van der Waals surface area contributed by atoms with Crippen LogP contribution in [-0.2, 0) is 6.54 Å². The van der Waals surface area contributed by atoms with Crippen molar-refractivity contribution in [1.29, 1.82) is 0 Å². The molecular formula is C16H13ClN6O. The second-order valence-electron chi connectivity index (χ2n) is 5.39. The summed E-state index contributed by atoms with van der Waals surface area (Å²) in [5.74, 6) is 0.330. The number of rotatable bonds is 2. The number of amides is 1. The Morgan fingerprint density at radius 1 is 1.21 bits per heavy atom. The van der Waals surface area contributed by atoms with E-state index in [0.717, 1.165) is 0 Å². The number of nitrogen functional groups attached to an aromatic ring is 1. The lowest BCUT2D eigenvalue weighted by molar-refractivity contribution is 0.0924. The molecule has 2 aromatic heterocycles. The second-order valence-corrected chi connectivity index (χ2v) is 5.83. The largest absolute Gasteiger partial charge is 0.398 e. The van der Waals surface area contributed by atoms with E-state index >= 15 is 0 Å². The summed E-state index contributed by atoms with van der Waals surface area (Å²) in [6, 6.07) is 8.62. The standard InChI is InChI=1S/C16H13ClN6O/c17-9-1-2-11(18)10(7-9)15-19-4-3-12(21-15)13-8-14-16(24)20-5-6-23(14)22-13/h1-4,7-8H,5-6,18H2,(H,20,24). The molecule has 3 heterocycles. The average molecular weight is 341 g/mol. The highest BCUT2D eigenvalue weighted by molar-refractivity contribution is 6.31. The minimum absolute atomic E-state index is 0.131. The van der Waals surface area contributed by atoms with E-state index in [1.165, 1.54) is 0 Å². The number of hydrogen-bond acceptors (Lipinski definition) is 5. The summed E-state index contributed by atoms with van der Waals surface area (Å²) in [5, 5.41) is 7.80. The van der Waals surface area contributed by atoms with Gasteiger partial charge in [0.15, 0.2) is 5.82 Å². The van der Waals surface area contributed by atoms with Crippen LogP contribution in [0.4, 0.5) is 5.69 Å². The monoisotopic (exact) mass is 340 g/mol. The van der Waals surface area contributed by atoms with Crippen LogP contribution in [0.3, 0.4) is 0 Å². The van der Waals surface area contributed by atoms with Gasteiger partial charge in [-0.1, -0.05) is 11.6 Å². The van der Waals surface area contributed by atoms with E-state index in [1.54, 1.807) is 41.2 Å². The minimum atomic E-state index is -0.131. The third-order valence-electron chi connectivity index (χ3n) is 3.80. The molecule has 0 aliphatic carbocycles. The Balaban J connectivity index is 1.78. The number of halogens is 1. The van der Waals surface area contributed by atoms with Crippen LogP contribution in [0.5, 0.6) is 0 Å². The van der Waals surface area contributed by atoms with Crippen molar-refractivity contribution in [2.24, 2.45) is 0 Å². The zero-order valence-electron chi connectivity index (χ0n) is 12.5. The van der Waals surface area contributed by atoms with Crippen LogP contribution in [-0.4, -0.2) is 32.2 Å². The maximum Gasteiger partial charge on any atom is 0.269 e. The van der Waals surface area contributed by atoms with Crippen molar-refractivity contribution in [3.63, 3.8) is 0 Å². The van der Waals surface area contributed by atoms with Crippen molar-refractivity contribution in [3.8, 4) is 22.8 Å². The third kappa shape index (κ3) is 2.48. The van der Waals surface area contributed by atoms with Gasteiger partial charge in [-0.25, -0.2) is 9.97 Å². The van der Waals surface area contributed by atoms with Gasteiger partial charge >= 0.3 is 0 Å². The van der Waals surface area contributed by atoms with Crippen LogP contribution >= 0.6 is 11.6 Å². The first-order valence-corrected chi connectivity index (χ1v) is 7.74. The van der Waals surface area contributed by atoms with Crippen LogP contribution < -0.4 is 11.1 Å². The van der Waals surface area contributed by atoms with Crippen molar-refractivity contribution in [2.75, 3.05) is 12.3 Å². The summed E-state index contributed by atoms with van der Waals surface area (Å²) in [4.78, 5) is 20.7. The Morgan fingerprint density at radius 2 is 2.08 bits per heavy atom. The van der Waals surface area contributed by atoms with Gasteiger partial charge in [0.05, 0.1) is 12.2 Å². The molecule has 0 unspecified atom stereocenters. The van der Waals surface area contributed by atoms with E-state index in [0.29, 0.717) is 52.3 Å². The predicted molar refractivity (Wildman–Crippen MR) is 90.4 cm³/mol. The summed E-state index contributed by atoms with van der Waals surface area (Å²) in [5.41, 5.74) is 8.96. The fourth-order valence-electron chi connectivity index (χ4n) is 2.61. The van der Waals surface area contributed by atoms with E-state index in [4.69, 9.17) is 17.3 Å². The number of nitrogens with one attached hydrogen (secondary N) is 1. The van der Waals surface area contributed by atoms with Crippen LogP contribution in [0.2, 0.25) is 5.02 Å². The topological polar surface area (TPSA) is 98.7 Å². The molecule has 0 atom stereocenters. The molecule has 120 valence electrons. The zero-order valence-corrected chi connectivity index (χ0v) is 13.3. The molecule has 8 heteroatoms. The highest BCUT2D eigenvalue weighted by Crippen LogP contribution is 2.28. The number of carbonyl (C=O) groups excluding carboxylic acids is 1. The molecule has 1 aliphatic heterocycles. The molecule has 0 fully saturated rings. The van der Waals surface area contributed by atoms with Gasteiger partial charge in [-0.05, 0) is 30.3 Å². The molecule has 3 N–H and O–H groups in total. The van der Waals surface area contributed by atoms with Gasteiger partial charge in [0, 0.05) is 29.0 Å². The number of fused-ring (bicyclic) bond motifs is 1. The van der Waals surface area contributed by atoms with E-state index < -0.39 is 0 Å². The lowest BCUT2D eigenvalue weighted by atomic mass is 10.1. The number of nitrogens with zero attached hydrogens (tertiary/aromatic N) is 4. The van der Waals surface area contributed by atoms with Gasteiger partial charge in [0.2, 0.25) is 0 Å². The molecule has 0 bridgehead atoms. The van der Waals surface area contributed by atoms with Gasteiger partial charge in [0.25, 0.3) is 5.91 Å². The first-order chi connectivity index (χ1) is 11.6. The normalized spacial score (nSPS) is 13.5. The van der Waals surface area contributed by atoms with Crippen LogP contribution in [0, 0.1) is 0 Å². The first kappa shape index (κ1) is 14.6. The van der Waals surface area contributed by atoms with E-state index in [-0.39, 0.29) is 5.91 Å². The highest BCUT2D eigenvalue weighted by Gasteiger charge is 2.20. The molecule has 1 aromatic carbocycles. The number of benzene rings is 1. The summed E-state index contributed by atoms with van der Waals surface area (Å²) in [7, 11) is 0. The molecular weight excluding hydrogens is 328 g/mol. The lowest BCUT2D eigenvalue weighted by Gasteiger charge is -2.13. The van der Waals surface area contributed by atoms with Gasteiger partial charge in [-0.3, -0.25) is 9.48 Å². The van der Waals surface area contributed by atoms with Gasteiger partial charge in [-0.2, -0.15) is 5.10 Å². The Bertz CT molecular complexity index is 951. The van der Waals surface area contributed by atoms with Gasteiger partial charge in [0.1, 0.15) is 11.4 Å². The Morgan fingerprint density at radius 3 is 2.92 bits per heavy atom. The molecule has 1 amide bonds. The minimum Gasteiger partial charge on any atom is -0.398 e. The maximum atomic E-state index is 11.9. The Kier molecular flexibility index (Phi) is 3.42. The fraction of sp³-hybridized carbons (Fsp3) is 0.125. The van der Waals surface area contributed by atoms with Crippen LogP contribution in [0.25, 0.3) is 22.8 Å². The number of hydrogen-bond donors (Lipinski definition) is 2. The van der Waals surface area contributed by atoms with Gasteiger partial charge < -0.3 is 11.1 Å². The summed E-state index contributed by atoms with van der Waals surface area (Å²) >= 11 is 6.04. The van der Waals surface area contributed by atoms with Gasteiger partial charge in [-0.15, -0.1) is 0 Å². The molecule has 3 aromatic rings. The molecule has 0 spiro atoms. The fourth-order valence-corrected chi connectivity index (χ4v) is 2.79. The lowest BCUT2D eigenvalue weighted by Crippen LogP contribution is -2.35. The van der Waals surface area contributed by atoms with Crippen molar-refractivity contribution >= 4 is 23.2 Å². The molecule has 0 radical (unpaired) electrons. The molecule has 0 saturated heterocycles. The molecule has 7 nitrogen and oxygen atoms in total. The van der Waals surface area contributed by atoms with Crippen molar-refractivity contribution in [3.05, 3.63) is 47.2 Å². The summed E-state index contributed by atoms with van der Waals surface area (Å²) < 4.78 is 1.68. The Labute approximate surface area is 142 Å². The summed E-state index contributed by atoms with van der Waals surface area (Å²) in [6.45, 7) is 1.21. The second kappa shape index (κ2) is 5.61. The maximum absolute atomic E-state index is 11.9. The van der Waals surface area contributed by atoms with Crippen molar-refractivity contribution in [1.82, 2.24) is 25.1 Å². The Hall–Kier alpha value is -2.93. The van der Waals surface area contributed by atoms with Crippen molar-refractivity contribution < 1.29 is 4.79 Å². The number of aromatic nitrogens is 4. The third-order valence-corrected chi connectivity index (χ3v) is 4.03. The average Bonchev–Trinajstić information content (AvgIpc) is 3.03. The molecule has 24 heavy (non-hydrogen) atoms. The quantitative estimate of drug-likeness (QED) is 0.695.